The number of hydrogen-bond donors (Lipinski definition) is 2. The highest BCUT2D eigenvalue weighted by molar-refractivity contribution is 5.87. The van der Waals surface area contributed by atoms with E-state index in [1.807, 2.05) is 51.1 Å². The molecule has 1 aliphatic heterocycles. The van der Waals surface area contributed by atoms with Crippen LogP contribution in [0.2, 0.25) is 0 Å². The molecule has 0 radical (unpaired) electrons. The zero-order valence-electron chi connectivity index (χ0n) is 19.2. The molecule has 32 heavy (non-hydrogen) atoms. The molecule has 1 aromatic carbocycles. The Morgan fingerprint density at radius 3 is 2.44 bits per heavy atom. The van der Waals surface area contributed by atoms with Crippen molar-refractivity contribution in [2.75, 3.05) is 18.0 Å². The zero-order valence-corrected chi connectivity index (χ0v) is 19.2. The summed E-state index contributed by atoms with van der Waals surface area (Å²) in [5.74, 6) is 0.337. The summed E-state index contributed by atoms with van der Waals surface area (Å²) in [7, 11) is 0. The SMILES string of the molecule is CC(=O)N[C@@H](Cc1ccc(C)cc1)C(=O)NC1CCN(c2nc(C)cc(C)c2C#N)CC1. The molecule has 0 bridgehead atoms. The number of anilines is 1. The second-order valence-electron chi connectivity index (χ2n) is 8.60. The molecule has 1 fully saturated rings. The second-order valence-corrected chi connectivity index (χ2v) is 8.60. The average molecular weight is 434 g/mol. The van der Waals surface area contributed by atoms with Gasteiger partial charge in [0.25, 0.3) is 0 Å². The van der Waals surface area contributed by atoms with Gasteiger partial charge in [0, 0.05) is 38.2 Å². The van der Waals surface area contributed by atoms with E-state index in [0.717, 1.165) is 41.0 Å². The van der Waals surface area contributed by atoms with E-state index < -0.39 is 6.04 Å². The number of amides is 2. The zero-order chi connectivity index (χ0) is 23.3. The van der Waals surface area contributed by atoms with Gasteiger partial charge in [0.05, 0.1) is 5.56 Å². The van der Waals surface area contributed by atoms with E-state index in [9.17, 15) is 14.9 Å². The van der Waals surface area contributed by atoms with E-state index in [-0.39, 0.29) is 17.9 Å². The van der Waals surface area contributed by atoms with Crippen LogP contribution in [-0.4, -0.2) is 42.0 Å². The normalized spacial score (nSPS) is 15.0. The number of carbonyl (C=O) groups excluding carboxylic acids is 2. The van der Waals surface area contributed by atoms with Crippen molar-refractivity contribution in [1.29, 1.82) is 5.26 Å². The molecule has 2 N–H and O–H groups in total. The second kappa shape index (κ2) is 10.3. The average Bonchev–Trinajstić information content (AvgIpc) is 2.74. The number of aromatic nitrogens is 1. The van der Waals surface area contributed by atoms with Crippen LogP contribution in [-0.2, 0) is 16.0 Å². The Morgan fingerprint density at radius 2 is 1.84 bits per heavy atom. The lowest BCUT2D eigenvalue weighted by Crippen LogP contribution is -2.52. The predicted molar refractivity (Wildman–Crippen MR) is 124 cm³/mol. The van der Waals surface area contributed by atoms with Crippen LogP contribution in [0, 0.1) is 32.1 Å². The van der Waals surface area contributed by atoms with E-state index >= 15 is 0 Å². The molecule has 1 atom stereocenters. The van der Waals surface area contributed by atoms with Gasteiger partial charge >= 0.3 is 0 Å². The van der Waals surface area contributed by atoms with Gasteiger partial charge in [-0.05, 0) is 50.8 Å². The number of hydrogen-bond acceptors (Lipinski definition) is 5. The van der Waals surface area contributed by atoms with Gasteiger partial charge in [-0.15, -0.1) is 0 Å². The summed E-state index contributed by atoms with van der Waals surface area (Å²) < 4.78 is 0. The van der Waals surface area contributed by atoms with Gasteiger partial charge in [-0.2, -0.15) is 5.26 Å². The van der Waals surface area contributed by atoms with E-state index in [1.54, 1.807) is 0 Å². The van der Waals surface area contributed by atoms with Gasteiger partial charge in [0.15, 0.2) is 0 Å². The number of nitrogens with one attached hydrogen (secondary N) is 2. The molecule has 2 aromatic rings. The van der Waals surface area contributed by atoms with Crippen molar-refractivity contribution < 1.29 is 9.59 Å². The number of nitriles is 1. The molecule has 0 spiro atoms. The van der Waals surface area contributed by atoms with Crippen molar-refractivity contribution in [1.82, 2.24) is 15.6 Å². The summed E-state index contributed by atoms with van der Waals surface area (Å²) in [6, 6.07) is 11.6. The summed E-state index contributed by atoms with van der Waals surface area (Å²) >= 11 is 0. The quantitative estimate of drug-likeness (QED) is 0.730. The minimum absolute atomic E-state index is 0.0180. The first-order chi connectivity index (χ1) is 15.3. The fraction of sp³-hybridized carbons (Fsp3) is 0.440. The van der Waals surface area contributed by atoms with E-state index in [2.05, 4.69) is 26.6 Å². The third-order valence-corrected chi connectivity index (χ3v) is 5.83. The number of piperidine rings is 1. The first-order valence-electron chi connectivity index (χ1n) is 11.0. The number of benzene rings is 1. The van der Waals surface area contributed by atoms with Crippen LogP contribution in [0.25, 0.3) is 0 Å². The number of carbonyl (C=O) groups is 2. The maximum Gasteiger partial charge on any atom is 0.243 e. The third-order valence-electron chi connectivity index (χ3n) is 5.83. The van der Waals surface area contributed by atoms with Gasteiger partial charge in [-0.3, -0.25) is 9.59 Å². The Bertz CT molecular complexity index is 1020. The molecule has 168 valence electrons. The molecule has 1 saturated heterocycles. The van der Waals surface area contributed by atoms with Crippen LogP contribution in [0.5, 0.6) is 0 Å². The Morgan fingerprint density at radius 1 is 1.19 bits per heavy atom. The lowest BCUT2D eigenvalue weighted by Gasteiger charge is -2.34. The lowest BCUT2D eigenvalue weighted by atomic mass is 10.0. The van der Waals surface area contributed by atoms with Gasteiger partial charge in [0.2, 0.25) is 11.8 Å². The van der Waals surface area contributed by atoms with E-state index in [1.165, 1.54) is 6.92 Å². The Labute approximate surface area is 189 Å². The Kier molecular flexibility index (Phi) is 7.47. The van der Waals surface area contributed by atoms with Crippen LogP contribution in [0.3, 0.4) is 0 Å². The summed E-state index contributed by atoms with van der Waals surface area (Å²) in [5, 5.41) is 15.5. The van der Waals surface area contributed by atoms with Gasteiger partial charge in [-0.1, -0.05) is 29.8 Å². The molecule has 1 aliphatic rings. The minimum atomic E-state index is -0.612. The van der Waals surface area contributed by atoms with Crippen molar-refractivity contribution in [2.24, 2.45) is 0 Å². The molecule has 7 nitrogen and oxygen atoms in total. The fourth-order valence-corrected chi connectivity index (χ4v) is 4.14. The van der Waals surface area contributed by atoms with Crippen LogP contribution < -0.4 is 15.5 Å². The molecular formula is C25H31N5O2. The Balaban J connectivity index is 1.62. The first kappa shape index (κ1) is 23.3. The van der Waals surface area contributed by atoms with Crippen LogP contribution in [0.1, 0.15) is 47.7 Å². The fourth-order valence-electron chi connectivity index (χ4n) is 4.14. The minimum Gasteiger partial charge on any atom is -0.355 e. The molecule has 7 heteroatoms. The number of nitrogens with zero attached hydrogens (tertiary/aromatic N) is 3. The smallest absolute Gasteiger partial charge is 0.243 e. The van der Waals surface area contributed by atoms with Crippen LogP contribution in [0.4, 0.5) is 5.82 Å². The van der Waals surface area contributed by atoms with Crippen LogP contribution in [0.15, 0.2) is 30.3 Å². The van der Waals surface area contributed by atoms with Crippen molar-refractivity contribution >= 4 is 17.6 Å². The topological polar surface area (TPSA) is 98.1 Å². The summed E-state index contributed by atoms with van der Waals surface area (Å²) in [6.45, 7) is 8.72. The molecule has 0 saturated carbocycles. The van der Waals surface area contributed by atoms with Crippen molar-refractivity contribution in [3.05, 3.63) is 58.3 Å². The van der Waals surface area contributed by atoms with Crippen molar-refractivity contribution in [2.45, 2.75) is 59.0 Å². The summed E-state index contributed by atoms with van der Waals surface area (Å²) in [6.07, 6.45) is 1.95. The summed E-state index contributed by atoms with van der Waals surface area (Å²) in [4.78, 5) is 31.4. The predicted octanol–water partition coefficient (Wildman–Crippen LogP) is 2.71. The molecule has 2 amide bonds. The molecule has 3 rings (SSSR count). The number of aryl methyl sites for hydroxylation is 3. The highest BCUT2D eigenvalue weighted by Gasteiger charge is 2.27. The van der Waals surface area contributed by atoms with Gasteiger partial charge in [0.1, 0.15) is 17.9 Å². The van der Waals surface area contributed by atoms with E-state index in [4.69, 9.17) is 0 Å². The standard InChI is InChI=1S/C25H31N5O2/c1-16-5-7-20(8-6-16)14-23(28-19(4)31)25(32)29-21-9-11-30(12-10-21)24-22(15-26)17(2)13-18(3)27-24/h5-8,13,21,23H,9-12,14H2,1-4H3,(H,28,31)(H,29,32)/t23-/m0/s1. The lowest BCUT2D eigenvalue weighted by molar-refractivity contribution is -0.128. The largest absolute Gasteiger partial charge is 0.355 e. The van der Waals surface area contributed by atoms with Crippen LogP contribution >= 0.6 is 0 Å². The third kappa shape index (κ3) is 5.85. The maximum atomic E-state index is 13.0. The maximum absolute atomic E-state index is 13.0. The molecule has 2 heterocycles. The van der Waals surface area contributed by atoms with E-state index in [0.29, 0.717) is 25.1 Å². The van der Waals surface area contributed by atoms with Crippen molar-refractivity contribution in [3.63, 3.8) is 0 Å². The molecular weight excluding hydrogens is 402 g/mol. The van der Waals surface area contributed by atoms with Gasteiger partial charge in [-0.25, -0.2) is 4.98 Å². The highest BCUT2D eigenvalue weighted by atomic mass is 16.2. The highest BCUT2D eigenvalue weighted by Crippen LogP contribution is 2.25. The first-order valence-corrected chi connectivity index (χ1v) is 11.0. The Hall–Kier alpha value is -3.40. The molecule has 1 aromatic heterocycles. The van der Waals surface area contributed by atoms with Crippen molar-refractivity contribution in [3.8, 4) is 6.07 Å². The molecule has 0 aliphatic carbocycles. The summed E-state index contributed by atoms with van der Waals surface area (Å²) in [5.41, 5.74) is 4.59. The molecule has 0 unspecified atom stereocenters. The monoisotopic (exact) mass is 433 g/mol. The van der Waals surface area contributed by atoms with Gasteiger partial charge < -0.3 is 15.5 Å². The number of pyridine rings is 1. The number of rotatable bonds is 6.